The van der Waals surface area contributed by atoms with Crippen LogP contribution in [0.5, 0.6) is 0 Å². The fraction of sp³-hybridized carbons (Fsp3) is 0.0500. The number of para-hydroxylation sites is 1. The highest BCUT2D eigenvalue weighted by molar-refractivity contribution is 7.89. The van der Waals surface area contributed by atoms with Gasteiger partial charge in [-0.3, -0.25) is 5.41 Å². The van der Waals surface area contributed by atoms with E-state index in [4.69, 9.17) is 22.1 Å². The maximum absolute atomic E-state index is 13.0. The van der Waals surface area contributed by atoms with E-state index in [9.17, 15) is 21.6 Å². The van der Waals surface area contributed by atoms with Crippen molar-refractivity contribution < 1.29 is 21.6 Å². The Hall–Kier alpha value is -2.66. The lowest BCUT2D eigenvalue weighted by molar-refractivity contribution is -0.0583. The van der Waals surface area contributed by atoms with Gasteiger partial charge in [0.1, 0.15) is 5.71 Å². The highest BCUT2D eigenvalue weighted by atomic mass is 35.5. The zero-order chi connectivity index (χ0) is 22.8. The Bertz CT molecular complexity index is 1250. The number of anilines is 1. The molecular weight excluding hydrogens is 471 g/mol. The molecular formula is C20H15ClF3N3O2S2. The van der Waals surface area contributed by atoms with E-state index in [1.165, 1.54) is 23.5 Å². The third kappa shape index (κ3) is 5.73. The van der Waals surface area contributed by atoms with E-state index in [0.29, 0.717) is 32.1 Å². The van der Waals surface area contributed by atoms with Crippen LogP contribution in [0.4, 0.5) is 18.9 Å². The maximum atomic E-state index is 13.0. The molecule has 5 nitrogen and oxygen atoms in total. The summed E-state index contributed by atoms with van der Waals surface area (Å²) in [5, 5.41) is 15.6. The maximum Gasteiger partial charge on any atom is 0.432 e. The van der Waals surface area contributed by atoms with Crippen molar-refractivity contribution in [1.29, 1.82) is 5.41 Å². The summed E-state index contributed by atoms with van der Waals surface area (Å²) < 4.78 is 61.7. The number of benzene rings is 2. The number of thiophene rings is 1. The van der Waals surface area contributed by atoms with Gasteiger partial charge in [0.05, 0.1) is 26.2 Å². The fourth-order valence-corrected chi connectivity index (χ4v) is 4.23. The number of hydrogen-bond acceptors (Lipinski definition) is 5. The fourth-order valence-electron chi connectivity index (χ4n) is 2.55. The van der Waals surface area contributed by atoms with Crippen molar-refractivity contribution in [1.82, 2.24) is 0 Å². The second-order valence-electron chi connectivity index (χ2n) is 6.31. The molecule has 3 aromatic rings. The summed E-state index contributed by atoms with van der Waals surface area (Å²) in [4.78, 5) is 1.06. The van der Waals surface area contributed by atoms with Gasteiger partial charge in [0.25, 0.3) is 0 Å². The van der Waals surface area contributed by atoms with Crippen LogP contribution in [-0.4, -0.2) is 20.3 Å². The van der Waals surface area contributed by atoms with E-state index in [-0.39, 0.29) is 10.6 Å². The first-order chi connectivity index (χ1) is 14.4. The number of hydrogen-bond donors (Lipinski definition) is 3. The predicted octanol–water partition coefficient (Wildman–Crippen LogP) is 5.75. The van der Waals surface area contributed by atoms with Crippen LogP contribution in [-0.2, 0) is 10.0 Å². The van der Waals surface area contributed by atoms with Gasteiger partial charge in [0, 0.05) is 4.88 Å². The molecule has 0 atom stereocenters. The summed E-state index contributed by atoms with van der Waals surface area (Å²) in [5.74, 6) is 0. The molecule has 0 radical (unpaired) electrons. The molecule has 0 aliphatic heterocycles. The van der Waals surface area contributed by atoms with Gasteiger partial charge in [-0.05, 0) is 48.0 Å². The van der Waals surface area contributed by atoms with Crippen LogP contribution in [0.15, 0.2) is 71.6 Å². The van der Waals surface area contributed by atoms with Gasteiger partial charge in [0.15, 0.2) is 0 Å². The molecule has 0 spiro atoms. The van der Waals surface area contributed by atoms with Crippen molar-refractivity contribution in [2.24, 2.45) is 5.14 Å². The molecule has 3 rings (SSSR count). The molecule has 162 valence electrons. The van der Waals surface area contributed by atoms with E-state index >= 15 is 0 Å². The molecule has 0 aliphatic rings. The molecule has 0 fully saturated rings. The minimum atomic E-state index is -4.81. The van der Waals surface area contributed by atoms with E-state index in [0.717, 1.165) is 0 Å². The lowest BCUT2D eigenvalue weighted by atomic mass is 10.2. The number of primary sulfonamides is 1. The SMILES string of the molecule is N=C(/C=C(\Nc1ccccc1Cl)c1ccc(-c2ccc(S(N)(=O)=O)cc2)s1)C(F)(F)F. The first kappa shape index (κ1) is 23.0. The molecule has 0 bridgehead atoms. The van der Waals surface area contributed by atoms with Crippen molar-refractivity contribution in [2.75, 3.05) is 5.32 Å². The summed E-state index contributed by atoms with van der Waals surface area (Å²) in [5.41, 5.74) is -0.424. The van der Waals surface area contributed by atoms with Gasteiger partial charge in [-0.1, -0.05) is 35.9 Å². The highest BCUT2D eigenvalue weighted by Gasteiger charge is 2.33. The number of halogens is 4. The Morgan fingerprint density at radius 3 is 2.29 bits per heavy atom. The zero-order valence-corrected chi connectivity index (χ0v) is 18.0. The number of nitrogens with one attached hydrogen (secondary N) is 2. The molecule has 31 heavy (non-hydrogen) atoms. The monoisotopic (exact) mass is 485 g/mol. The topological polar surface area (TPSA) is 96.0 Å². The molecule has 4 N–H and O–H groups in total. The average Bonchev–Trinajstić information content (AvgIpc) is 3.18. The Kier molecular flexibility index (Phi) is 6.56. The normalized spacial score (nSPS) is 12.6. The van der Waals surface area contributed by atoms with Crippen molar-refractivity contribution in [3.05, 3.63) is 76.6 Å². The molecule has 0 unspecified atom stereocenters. The Morgan fingerprint density at radius 2 is 1.71 bits per heavy atom. The zero-order valence-electron chi connectivity index (χ0n) is 15.6. The van der Waals surface area contributed by atoms with Gasteiger partial charge < -0.3 is 5.32 Å². The summed E-state index contributed by atoms with van der Waals surface area (Å²) in [6.45, 7) is 0. The summed E-state index contributed by atoms with van der Waals surface area (Å²) >= 11 is 7.28. The van der Waals surface area contributed by atoms with E-state index in [2.05, 4.69) is 5.32 Å². The molecule has 1 heterocycles. The first-order valence-electron chi connectivity index (χ1n) is 8.57. The van der Waals surface area contributed by atoms with E-state index < -0.39 is 21.9 Å². The van der Waals surface area contributed by atoms with E-state index in [1.54, 1.807) is 48.5 Å². The average molecular weight is 486 g/mol. The minimum absolute atomic E-state index is 0.0485. The lowest BCUT2D eigenvalue weighted by Gasteiger charge is -2.13. The predicted molar refractivity (Wildman–Crippen MR) is 118 cm³/mol. The third-order valence-corrected chi connectivity index (χ3v) is 6.50. The van der Waals surface area contributed by atoms with Crippen LogP contribution >= 0.6 is 22.9 Å². The van der Waals surface area contributed by atoms with Crippen molar-refractivity contribution in [2.45, 2.75) is 11.1 Å². The summed E-state index contributed by atoms with van der Waals surface area (Å²) in [6.07, 6.45) is -4.11. The van der Waals surface area contributed by atoms with Crippen LogP contribution in [0.2, 0.25) is 5.02 Å². The van der Waals surface area contributed by atoms with Crippen molar-refractivity contribution >= 4 is 50.1 Å². The van der Waals surface area contributed by atoms with Gasteiger partial charge in [-0.15, -0.1) is 11.3 Å². The molecule has 0 amide bonds. The third-order valence-electron chi connectivity index (χ3n) is 4.08. The van der Waals surface area contributed by atoms with Crippen molar-refractivity contribution in [3.63, 3.8) is 0 Å². The molecule has 11 heteroatoms. The van der Waals surface area contributed by atoms with Gasteiger partial charge in [-0.2, -0.15) is 13.2 Å². The molecule has 0 saturated carbocycles. The molecule has 2 aromatic carbocycles. The summed E-state index contributed by atoms with van der Waals surface area (Å²) in [7, 11) is -3.83. The van der Waals surface area contributed by atoms with Gasteiger partial charge >= 0.3 is 6.18 Å². The second-order valence-corrected chi connectivity index (χ2v) is 9.36. The smallest absolute Gasteiger partial charge is 0.353 e. The molecule has 1 aromatic heterocycles. The van der Waals surface area contributed by atoms with E-state index in [1.807, 2.05) is 0 Å². The quantitative estimate of drug-likeness (QED) is 0.388. The number of alkyl halides is 3. The number of rotatable bonds is 6. The largest absolute Gasteiger partial charge is 0.432 e. The van der Waals surface area contributed by atoms with Gasteiger partial charge in [-0.25, -0.2) is 13.6 Å². The Balaban J connectivity index is 1.99. The van der Waals surface area contributed by atoms with Crippen LogP contribution in [0.3, 0.4) is 0 Å². The summed E-state index contributed by atoms with van der Waals surface area (Å²) in [6, 6.07) is 15.6. The van der Waals surface area contributed by atoms with Crippen LogP contribution in [0.1, 0.15) is 4.88 Å². The molecule has 0 saturated heterocycles. The highest BCUT2D eigenvalue weighted by Crippen LogP contribution is 2.35. The number of allylic oxidation sites excluding steroid dienone is 1. The number of nitrogens with two attached hydrogens (primary N) is 1. The Morgan fingerprint density at radius 1 is 1.06 bits per heavy atom. The van der Waals surface area contributed by atoms with Crippen LogP contribution < -0.4 is 10.5 Å². The van der Waals surface area contributed by atoms with Crippen LogP contribution in [0, 0.1) is 5.41 Å². The van der Waals surface area contributed by atoms with Gasteiger partial charge in [0.2, 0.25) is 10.0 Å². The minimum Gasteiger partial charge on any atom is -0.353 e. The standard InChI is InChI=1S/C20H15ClF3N3O2S2/c21-14-3-1-2-4-15(14)27-16(11-19(25)20(22,23)24)18-10-9-17(30-18)12-5-7-13(8-6-12)31(26,28)29/h1-11,25,27H,(H2,26,28,29)/b16-11-,25-19?. The van der Waals surface area contributed by atoms with Crippen LogP contribution in [0.25, 0.3) is 16.1 Å². The lowest BCUT2D eigenvalue weighted by Crippen LogP contribution is -2.20. The second kappa shape index (κ2) is 8.83. The Labute approximate surface area is 185 Å². The first-order valence-corrected chi connectivity index (χ1v) is 11.3. The molecule has 0 aliphatic carbocycles. The van der Waals surface area contributed by atoms with Crippen molar-refractivity contribution in [3.8, 4) is 10.4 Å². The number of sulfonamides is 1.